The maximum absolute atomic E-state index is 11.6. The van der Waals surface area contributed by atoms with Crippen molar-refractivity contribution in [1.82, 2.24) is 15.5 Å². The van der Waals surface area contributed by atoms with Crippen molar-refractivity contribution in [2.24, 2.45) is 10.9 Å². The fourth-order valence-corrected chi connectivity index (χ4v) is 6.19. The zero-order chi connectivity index (χ0) is 17.9. The Bertz CT molecular complexity index is 570. The van der Waals surface area contributed by atoms with Crippen molar-refractivity contribution in [3.63, 3.8) is 0 Å². The van der Waals surface area contributed by atoms with E-state index >= 15 is 0 Å². The molecule has 144 valence electrons. The van der Waals surface area contributed by atoms with Gasteiger partial charge in [0.15, 0.2) is 15.8 Å². The lowest BCUT2D eigenvalue weighted by atomic mass is 10.1. The first-order valence-corrected chi connectivity index (χ1v) is 11.8. The lowest BCUT2D eigenvalue weighted by Crippen LogP contribution is -2.47. The highest BCUT2D eigenvalue weighted by Gasteiger charge is 2.31. The van der Waals surface area contributed by atoms with Gasteiger partial charge in [0.2, 0.25) is 0 Å². The van der Waals surface area contributed by atoms with E-state index in [0.717, 1.165) is 31.4 Å². The number of likely N-dealkylation sites (tertiary alicyclic amines) is 1. The molecule has 1 aliphatic carbocycles. The number of aliphatic imine (C=N–C) groups is 1. The van der Waals surface area contributed by atoms with Gasteiger partial charge in [-0.15, -0.1) is 0 Å². The third kappa shape index (κ3) is 5.58. The molecule has 0 aromatic carbocycles. The highest BCUT2D eigenvalue weighted by Crippen LogP contribution is 2.26. The Balaban J connectivity index is 1.52. The Kier molecular flexibility index (Phi) is 6.25. The van der Waals surface area contributed by atoms with Crippen LogP contribution in [0.15, 0.2) is 4.99 Å². The summed E-state index contributed by atoms with van der Waals surface area (Å²) >= 11 is 0. The molecule has 2 N–H and O–H groups in total. The molecule has 0 amide bonds. The standard InChI is InChI=1S/C18H34N4O2S/c1-14(2)20-18(19-11-15-8-10-25(23,24)13-15)21-16-7-9-22(12-16)17-5-3-4-6-17/h14-17H,3-13H2,1-2H3,(H2,19,20,21). The highest BCUT2D eigenvalue weighted by molar-refractivity contribution is 7.91. The molecule has 3 rings (SSSR count). The van der Waals surface area contributed by atoms with Gasteiger partial charge in [0.05, 0.1) is 11.5 Å². The van der Waals surface area contributed by atoms with Gasteiger partial charge in [0, 0.05) is 37.8 Å². The molecule has 6 nitrogen and oxygen atoms in total. The molecule has 2 saturated heterocycles. The highest BCUT2D eigenvalue weighted by atomic mass is 32.2. The Morgan fingerprint density at radius 1 is 1.20 bits per heavy atom. The Morgan fingerprint density at radius 3 is 2.60 bits per heavy atom. The first-order valence-electron chi connectivity index (χ1n) is 9.93. The summed E-state index contributed by atoms with van der Waals surface area (Å²) in [5, 5.41) is 7.00. The van der Waals surface area contributed by atoms with Crippen molar-refractivity contribution in [2.75, 3.05) is 31.1 Å². The van der Waals surface area contributed by atoms with E-state index in [1.165, 1.54) is 32.2 Å². The van der Waals surface area contributed by atoms with Gasteiger partial charge in [-0.3, -0.25) is 9.89 Å². The van der Waals surface area contributed by atoms with Gasteiger partial charge in [0.25, 0.3) is 0 Å². The summed E-state index contributed by atoms with van der Waals surface area (Å²) in [5.41, 5.74) is 0. The number of nitrogens with one attached hydrogen (secondary N) is 2. The van der Waals surface area contributed by atoms with Crippen LogP contribution in [0.5, 0.6) is 0 Å². The predicted molar refractivity (Wildman–Crippen MR) is 103 cm³/mol. The molecule has 25 heavy (non-hydrogen) atoms. The van der Waals surface area contributed by atoms with Gasteiger partial charge in [-0.2, -0.15) is 0 Å². The van der Waals surface area contributed by atoms with Crippen molar-refractivity contribution >= 4 is 15.8 Å². The largest absolute Gasteiger partial charge is 0.354 e. The summed E-state index contributed by atoms with van der Waals surface area (Å²) in [5.74, 6) is 1.64. The smallest absolute Gasteiger partial charge is 0.191 e. The summed E-state index contributed by atoms with van der Waals surface area (Å²) in [7, 11) is -2.82. The minimum Gasteiger partial charge on any atom is -0.354 e. The van der Waals surface area contributed by atoms with E-state index in [1.807, 2.05) is 0 Å². The van der Waals surface area contributed by atoms with Gasteiger partial charge in [-0.1, -0.05) is 12.8 Å². The molecule has 2 unspecified atom stereocenters. The van der Waals surface area contributed by atoms with E-state index in [4.69, 9.17) is 4.99 Å². The van der Waals surface area contributed by atoms with Crippen LogP contribution in [-0.4, -0.2) is 68.5 Å². The average molecular weight is 371 g/mol. The SMILES string of the molecule is CC(C)NC(=NCC1CCS(=O)(=O)C1)NC1CCN(C2CCCC2)C1. The molecule has 2 atom stereocenters. The quantitative estimate of drug-likeness (QED) is 0.565. The summed E-state index contributed by atoms with van der Waals surface area (Å²) < 4.78 is 23.2. The maximum atomic E-state index is 11.6. The lowest BCUT2D eigenvalue weighted by molar-refractivity contribution is 0.242. The Hall–Kier alpha value is -0.820. The van der Waals surface area contributed by atoms with E-state index in [9.17, 15) is 8.42 Å². The summed E-state index contributed by atoms with van der Waals surface area (Å²) in [6.45, 7) is 7.09. The molecule has 0 aromatic rings. The summed E-state index contributed by atoms with van der Waals surface area (Å²) in [6, 6.07) is 1.54. The number of guanidine groups is 1. The van der Waals surface area contributed by atoms with Crippen molar-refractivity contribution < 1.29 is 8.42 Å². The molecule has 1 saturated carbocycles. The van der Waals surface area contributed by atoms with Crippen molar-refractivity contribution in [3.05, 3.63) is 0 Å². The number of rotatable bonds is 5. The fourth-order valence-electron chi connectivity index (χ4n) is 4.34. The first kappa shape index (κ1) is 19.0. The summed E-state index contributed by atoms with van der Waals surface area (Å²) in [4.78, 5) is 7.35. The molecular formula is C18H34N4O2S. The van der Waals surface area contributed by atoms with Gasteiger partial charge >= 0.3 is 0 Å². The Morgan fingerprint density at radius 2 is 1.96 bits per heavy atom. The lowest BCUT2D eigenvalue weighted by Gasteiger charge is -2.24. The third-order valence-electron chi connectivity index (χ3n) is 5.66. The minimum absolute atomic E-state index is 0.175. The molecule has 0 bridgehead atoms. The molecule has 3 fully saturated rings. The zero-order valence-corrected chi connectivity index (χ0v) is 16.5. The first-order chi connectivity index (χ1) is 11.9. The third-order valence-corrected chi connectivity index (χ3v) is 7.50. The van der Waals surface area contributed by atoms with Gasteiger partial charge in [0.1, 0.15) is 0 Å². The van der Waals surface area contributed by atoms with Crippen LogP contribution in [0.4, 0.5) is 0 Å². The van der Waals surface area contributed by atoms with Gasteiger partial charge in [-0.05, 0) is 45.4 Å². The molecule has 2 aliphatic heterocycles. The Labute approximate surface area is 152 Å². The second-order valence-electron chi connectivity index (χ2n) is 8.32. The minimum atomic E-state index is -2.82. The second kappa shape index (κ2) is 8.25. The molecule has 0 aromatic heterocycles. The monoisotopic (exact) mass is 370 g/mol. The number of nitrogens with zero attached hydrogens (tertiary/aromatic N) is 2. The van der Waals surface area contributed by atoms with Crippen LogP contribution in [0.3, 0.4) is 0 Å². The zero-order valence-electron chi connectivity index (χ0n) is 15.7. The second-order valence-corrected chi connectivity index (χ2v) is 10.5. The van der Waals surface area contributed by atoms with Crippen LogP contribution < -0.4 is 10.6 Å². The number of sulfone groups is 1. The number of hydrogen-bond acceptors (Lipinski definition) is 4. The molecule has 3 aliphatic rings. The van der Waals surface area contributed by atoms with Crippen molar-refractivity contribution in [3.8, 4) is 0 Å². The van der Waals surface area contributed by atoms with Crippen LogP contribution in [-0.2, 0) is 9.84 Å². The van der Waals surface area contributed by atoms with Crippen molar-refractivity contribution in [1.29, 1.82) is 0 Å². The van der Waals surface area contributed by atoms with Gasteiger partial charge < -0.3 is 10.6 Å². The average Bonchev–Trinajstić information content (AvgIpc) is 3.24. The summed E-state index contributed by atoms with van der Waals surface area (Å²) in [6.07, 6.45) is 7.38. The van der Waals surface area contributed by atoms with Crippen LogP contribution in [0, 0.1) is 5.92 Å². The normalized spacial score (nSPS) is 31.1. The molecule has 2 heterocycles. The van der Waals surface area contributed by atoms with Crippen LogP contribution in [0.1, 0.15) is 52.4 Å². The maximum Gasteiger partial charge on any atom is 0.191 e. The van der Waals surface area contributed by atoms with Crippen molar-refractivity contribution in [2.45, 2.75) is 70.5 Å². The van der Waals surface area contributed by atoms with Crippen LogP contribution in [0.25, 0.3) is 0 Å². The van der Waals surface area contributed by atoms with E-state index < -0.39 is 9.84 Å². The molecular weight excluding hydrogens is 336 g/mol. The topological polar surface area (TPSA) is 73.8 Å². The van der Waals surface area contributed by atoms with E-state index in [0.29, 0.717) is 30.1 Å². The van der Waals surface area contributed by atoms with E-state index in [1.54, 1.807) is 0 Å². The molecule has 0 radical (unpaired) electrons. The molecule has 0 spiro atoms. The fraction of sp³-hybridized carbons (Fsp3) is 0.944. The predicted octanol–water partition coefficient (Wildman–Crippen LogP) is 1.38. The molecule has 7 heteroatoms. The van der Waals surface area contributed by atoms with Crippen LogP contribution in [0.2, 0.25) is 0 Å². The van der Waals surface area contributed by atoms with E-state index in [2.05, 4.69) is 29.4 Å². The van der Waals surface area contributed by atoms with E-state index in [-0.39, 0.29) is 5.92 Å². The number of hydrogen-bond donors (Lipinski definition) is 2. The van der Waals surface area contributed by atoms with Crippen LogP contribution >= 0.6 is 0 Å². The van der Waals surface area contributed by atoms with Gasteiger partial charge in [-0.25, -0.2) is 8.42 Å².